The molecule has 3 unspecified atom stereocenters. The fourth-order valence-corrected chi connectivity index (χ4v) is 3.71. The highest BCUT2D eigenvalue weighted by molar-refractivity contribution is 4.89. The molecule has 1 aliphatic heterocycles. The Labute approximate surface area is 106 Å². The van der Waals surface area contributed by atoms with E-state index in [-0.39, 0.29) is 0 Å². The smallest absolute Gasteiger partial charge is 0.0703 e. The number of likely N-dealkylation sites (N-methyl/N-ethyl adjacent to an activating group) is 1. The van der Waals surface area contributed by atoms with E-state index in [2.05, 4.69) is 18.9 Å². The van der Waals surface area contributed by atoms with Crippen LogP contribution in [0, 0.1) is 5.92 Å². The predicted octanol–water partition coefficient (Wildman–Crippen LogP) is 2.00. The number of ether oxygens (including phenoxy) is 1. The molecule has 0 radical (unpaired) electrons. The van der Waals surface area contributed by atoms with Crippen molar-refractivity contribution in [2.24, 2.45) is 11.7 Å². The molecule has 0 aromatic carbocycles. The quantitative estimate of drug-likeness (QED) is 0.817. The molecule has 2 fully saturated rings. The second-order valence-corrected chi connectivity index (χ2v) is 5.80. The highest BCUT2D eigenvalue weighted by atomic mass is 16.5. The van der Waals surface area contributed by atoms with Crippen LogP contribution in [0.4, 0.5) is 0 Å². The van der Waals surface area contributed by atoms with Crippen molar-refractivity contribution in [3.63, 3.8) is 0 Å². The van der Waals surface area contributed by atoms with Gasteiger partial charge in [0.1, 0.15) is 0 Å². The molecular weight excluding hydrogens is 212 g/mol. The van der Waals surface area contributed by atoms with Gasteiger partial charge in [-0.15, -0.1) is 0 Å². The molecule has 1 saturated carbocycles. The lowest BCUT2D eigenvalue weighted by molar-refractivity contribution is 0.0482. The number of hydrogen-bond acceptors (Lipinski definition) is 3. The molecule has 100 valence electrons. The van der Waals surface area contributed by atoms with E-state index in [4.69, 9.17) is 10.5 Å². The number of nitrogens with zero attached hydrogens (tertiary/aromatic N) is 1. The Morgan fingerprint density at radius 2 is 1.94 bits per heavy atom. The van der Waals surface area contributed by atoms with Crippen molar-refractivity contribution in [1.29, 1.82) is 0 Å². The van der Waals surface area contributed by atoms with Gasteiger partial charge in [0.25, 0.3) is 0 Å². The summed E-state index contributed by atoms with van der Waals surface area (Å²) in [5, 5.41) is 0. The van der Waals surface area contributed by atoms with Crippen LogP contribution in [-0.4, -0.2) is 43.3 Å². The highest BCUT2D eigenvalue weighted by Crippen LogP contribution is 2.31. The van der Waals surface area contributed by atoms with Crippen molar-refractivity contribution < 1.29 is 4.74 Å². The molecule has 1 aliphatic carbocycles. The summed E-state index contributed by atoms with van der Waals surface area (Å²) in [6.45, 7) is 3.91. The van der Waals surface area contributed by atoms with Crippen LogP contribution in [0.3, 0.4) is 0 Å². The van der Waals surface area contributed by atoms with E-state index in [0.29, 0.717) is 18.2 Å². The van der Waals surface area contributed by atoms with Crippen molar-refractivity contribution in [3.8, 4) is 0 Å². The molecule has 0 bridgehead atoms. The van der Waals surface area contributed by atoms with Crippen molar-refractivity contribution in [2.75, 3.05) is 20.2 Å². The Hall–Kier alpha value is -0.120. The maximum Gasteiger partial charge on any atom is 0.0703 e. The van der Waals surface area contributed by atoms with E-state index in [9.17, 15) is 0 Å². The molecule has 1 saturated heterocycles. The van der Waals surface area contributed by atoms with Crippen molar-refractivity contribution >= 4 is 0 Å². The van der Waals surface area contributed by atoms with Crippen LogP contribution in [0.25, 0.3) is 0 Å². The summed E-state index contributed by atoms with van der Waals surface area (Å²) < 4.78 is 5.69. The van der Waals surface area contributed by atoms with Crippen LogP contribution < -0.4 is 5.73 Å². The van der Waals surface area contributed by atoms with E-state index >= 15 is 0 Å². The summed E-state index contributed by atoms with van der Waals surface area (Å²) in [7, 11) is 2.25. The summed E-state index contributed by atoms with van der Waals surface area (Å²) in [6.07, 6.45) is 8.49. The zero-order valence-electron chi connectivity index (χ0n) is 11.4. The lowest BCUT2D eigenvalue weighted by atomic mass is 9.82. The fourth-order valence-electron chi connectivity index (χ4n) is 3.71. The van der Waals surface area contributed by atoms with Gasteiger partial charge in [-0.2, -0.15) is 0 Å². The molecule has 2 aliphatic rings. The Morgan fingerprint density at radius 3 is 2.47 bits per heavy atom. The first-order valence-electron chi connectivity index (χ1n) is 7.27. The minimum atomic E-state index is 0.373. The fraction of sp³-hybridized carbons (Fsp3) is 1.00. The second-order valence-electron chi connectivity index (χ2n) is 5.80. The average molecular weight is 240 g/mol. The van der Waals surface area contributed by atoms with Crippen molar-refractivity contribution in [2.45, 2.75) is 63.6 Å². The molecule has 0 aromatic heterocycles. The van der Waals surface area contributed by atoms with Crippen LogP contribution in [0.1, 0.15) is 45.4 Å². The molecule has 3 heteroatoms. The number of rotatable bonds is 4. The summed E-state index contributed by atoms with van der Waals surface area (Å²) in [4.78, 5) is 2.52. The standard InChI is InChI=1S/C14H28N2O/c1-11-13(8-9-17-11)16(2)14(10-15)12-6-4-3-5-7-12/h11-14H,3-10,15H2,1-2H3. The summed E-state index contributed by atoms with van der Waals surface area (Å²) in [6, 6.07) is 1.13. The molecule has 0 spiro atoms. The number of nitrogens with two attached hydrogens (primary N) is 1. The van der Waals surface area contributed by atoms with Gasteiger partial charge in [-0.05, 0) is 39.2 Å². The zero-order chi connectivity index (χ0) is 12.3. The van der Waals surface area contributed by atoms with Gasteiger partial charge in [0.05, 0.1) is 6.10 Å². The van der Waals surface area contributed by atoms with Gasteiger partial charge >= 0.3 is 0 Å². The molecule has 3 atom stereocenters. The van der Waals surface area contributed by atoms with Crippen molar-refractivity contribution in [3.05, 3.63) is 0 Å². The number of hydrogen-bond donors (Lipinski definition) is 1. The Balaban J connectivity index is 1.96. The SMILES string of the molecule is CC1OCCC1N(C)C(CN)C1CCCCC1. The summed E-state index contributed by atoms with van der Waals surface area (Å²) in [5.74, 6) is 0.812. The first-order valence-corrected chi connectivity index (χ1v) is 7.27. The van der Waals surface area contributed by atoms with Crippen LogP contribution in [0.5, 0.6) is 0 Å². The monoisotopic (exact) mass is 240 g/mol. The van der Waals surface area contributed by atoms with E-state index in [1.54, 1.807) is 0 Å². The van der Waals surface area contributed by atoms with Gasteiger partial charge < -0.3 is 10.5 Å². The Morgan fingerprint density at radius 1 is 1.24 bits per heavy atom. The van der Waals surface area contributed by atoms with Gasteiger partial charge in [-0.1, -0.05) is 19.3 Å². The minimum absolute atomic E-state index is 0.373. The molecular formula is C14H28N2O. The molecule has 3 nitrogen and oxygen atoms in total. The van der Waals surface area contributed by atoms with Crippen LogP contribution in [-0.2, 0) is 4.74 Å². The third-order valence-electron chi connectivity index (χ3n) is 4.82. The van der Waals surface area contributed by atoms with Gasteiger partial charge in [0.15, 0.2) is 0 Å². The Bertz CT molecular complexity index is 228. The third-order valence-corrected chi connectivity index (χ3v) is 4.82. The molecule has 17 heavy (non-hydrogen) atoms. The molecule has 0 aromatic rings. The lowest BCUT2D eigenvalue weighted by Crippen LogP contribution is -2.50. The zero-order valence-corrected chi connectivity index (χ0v) is 11.4. The maximum absolute atomic E-state index is 6.04. The van der Waals surface area contributed by atoms with Crippen LogP contribution in [0.15, 0.2) is 0 Å². The van der Waals surface area contributed by atoms with E-state index in [1.165, 1.54) is 38.5 Å². The normalized spacial score (nSPS) is 33.2. The Kier molecular flexibility index (Phi) is 4.83. The van der Waals surface area contributed by atoms with E-state index in [0.717, 1.165) is 19.1 Å². The van der Waals surface area contributed by atoms with Crippen molar-refractivity contribution in [1.82, 2.24) is 4.90 Å². The van der Waals surface area contributed by atoms with E-state index in [1.807, 2.05) is 0 Å². The molecule has 2 rings (SSSR count). The topological polar surface area (TPSA) is 38.5 Å². The summed E-state index contributed by atoms with van der Waals surface area (Å²) in [5.41, 5.74) is 6.04. The largest absolute Gasteiger partial charge is 0.377 e. The van der Waals surface area contributed by atoms with Crippen LogP contribution in [0.2, 0.25) is 0 Å². The summed E-state index contributed by atoms with van der Waals surface area (Å²) >= 11 is 0. The van der Waals surface area contributed by atoms with Gasteiger partial charge in [-0.3, -0.25) is 4.90 Å². The second kappa shape index (κ2) is 6.17. The minimum Gasteiger partial charge on any atom is -0.377 e. The van der Waals surface area contributed by atoms with E-state index < -0.39 is 0 Å². The first kappa shape index (κ1) is 13.3. The maximum atomic E-state index is 6.04. The molecule has 2 N–H and O–H groups in total. The lowest BCUT2D eigenvalue weighted by Gasteiger charge is -2.40. The average Bonchev–Trinajstić information content (AvgIpc) is 2.77. The molecule has 1 heterocycles. The highest BCUT2D eigenvalue weighted by Gasteiger charge is 2.34. The van der Waals surface area contributed by atoms with Gasteiger partial charge in [0, 0.05) is 25.2 Å². The third kappa shape index (κ3) is 3.01. The predicted molar refractivity (Wildman–Crippen MR) is 71.0 cm³/mol. The van der Waals surface area contributed by atoms with Crippen LogP contribution >= 0.6 is 0 Å². The van der Waals surface area contributed by atoms with Gasteiger partial charge in [0.2, 0.25) is 0 Å². The molecule has 0 amide bonds. The van der Waals surface area contributed by atoms with Gasteiger partial charge in [-0.25, -0.2) is 0 Å². The first-order chi connectivity index (χ1) is 8.24.